The topological polar surface area (TPSA) is 61.7 Å². The Kier molecular flexibility index (Phi) is 5.20. The molecule has 0 aromatic heterocycles. The van der Waals surface area contributed by atoms with E-state index in [9.17, 15) is 5.11 Å². The smallest absolute Gasteiger partial charge is 0.160 e. The number of aromatic hydroxyl groups is 1. The maximum absolute atomic E-state index is 9.61. The highest BCUT2D eigenvalue weighted by atomic mass is 16.5. The first kappa shape index (κ1) is 15.4. The fourth-order valence-corrected chi connectivity index (χ4v) is 2.11. The number of hydrogen-bond acceptors (Lipinski definition) is 4. The van der Waals surface area contributed by atoms with Crippen LogP contribution in [-0.4, -0.2) is 17.3 Å². The lowest BCUT2D eigenvalue weighted by atomic mass is 10.1. The van der Waals surface area contributed by atoms with E-state index < -0.39 is 0 Å². The largest absolute Gasteiger partial charge is 0.504 e. The van der Waals surface area contributed by atoms with E-state index in [0.29, 0.717) is 5.75 Å². The molecule has 2 aromatic rings. The molecule has 0 bridgehead atoms. The normalized spacial score (nSPS) is 12.1. The molecule has 0 spiro atoms. The summed E-state index contributed by atoms with van der Waals surface area (Å²) in [5, 5.41) is 22.1. The van der Waals surface area contributed by atoms with Crippen LogP contribution >= 0.6 is 0 Å². The van der Waals surface area contributed by atoms with Gasteiger partial charge in [-0.15, -0.1) is 0 Å². The van der Waals surface area contributed by atoms with E-state index in [-0.39, 0.29) is 18.4 Å². The van der Waals surface area contributed by atoms with Crippen LogP contribution in [0.3, 0.4) is 0 Å². The molecule has 0 aliphatic rings. The van der Waals surface area contributed by atoms with E-state index in [1.54, 1.807) is 13.2 Å². The number of phenolic OH excluding ortho intramolecular Hbond substituents is 1. The Morgan fingerprint density at radius 3 is 2.38 bits per heavy atom. The molecule has 0 radical (unpaired) electrons. The Morgan fingerprint density at radius 2 is 1.76 bits per heavy atom. The molecular weight excluding hydrogens is 266 g/mol. The van der Waals surface area contributed by atoms with Crippen molar-refractivity contribution in [1.82, 2.24) is 5.32 Å². The number of aliphatic hydroxyl groups is 1. The van der Waals surface area contributed by atoms with Gasteiger partial charge in [0.2, 0.25) is 0 Å². The number of benzene rings is 2. The van der Waals surface area contributed by atoms with Crippen molar-refractivity contribution in [3.05, 3.63) is 59.2 Å². The summed E-state index contributed by atoms with van der Waals surface area (Å²) in [6.45, 7) is 2.86. The molecule has 1 unspecified atom stereocenters. The summed E-state index contributed by atoms with van der Waals surface area (Å²) in [6, 6.07) is 13.3. The molecule has 0 saturated carbocycles. The van der Waals surface area contributed by atoms with Gasteiger partial charge in [-0.1, -0.05) is 30.3 Å². The lowest BCUT2D eigenvalue weighted by molar-refractivity contribution is 0.282. The van der Waals surface area contributed by atoms with E-state index in [0.717, 1.165) is 23.2 Å². The first-order valence-electron chi connectivity index (χ1n) is 6.93. The monoisotopic (exact) mass is 287 g/mol. The number of nitrogens with one attached hydrogen (secondary N) is 1. The van der Waals surface area contributed by atoms with Gasteiger partial charge < -0.3 is 20.3 Å². The molecule has 2 rings (SSSR count). The van der Waals surface area contributed by atoms with E-state index in [1.165, 1.54) is 0 Å². The fraction of sp³-hybridized carbons (Fsp3) is 0.294. The minimum atomic E-state index is 0.0669. The zero-order chi connectivity index (χ0) is 15.2. The van der Waals surface area contributed by atoms with Crippen molar-refractivity contribution in [2.75, 3.05) is 7.11 Å². The fourth-order valence-electron chi connectivity index (χ4n) is 2.11. The number of ether oxygens (including phenoxy) is 1. The van der Waals surface area contributed by atoms with Crippen molar-refractivity contribution in [1.29, 1.82) is 0 Å². The molecule has 21 heavy (non-hydrogen) atoms. The van der Waals surface area contributed by atoms with Gasteiger partial charge in [0, 0.05) is 12.6 Å². The van der Waals surface area contributed by atoms with Crippen LogP contribution in [0.15, 0.2) is 42.5 Å². The summed E-state index contributed by atoms with van der Waals surface area (Å²) < 4.78 is 5.12. The second-order valence-electron chi connectivity index (χ2n) is 5.01. The molecule has 0 aliphatic carbocycles. The van der Waals surface area contributed by atoms with Crippen molar-refractivity contribution in [3.63, 3.8) is 0 Å². The number of aliphatic hydroxyl groups excluding tert-OH is 1. The lowest BCUT2D eigenvalue weighted by Crippen LogP contribution is -2.18. The van der Waals surface area contributed by atoms with Gasteiger partial charge in [0.1, 0.15) is 0 Å². The summed E-state index contributed by atoms with van der Waals surface area (Å²) in [6.07, 6.45) is 0. The second-order valence-corrected chi connectivity index (χ2v) is 5.01. The highest BCUT2D eigenvalue weighted by molar-refractivity contribution is 5.42. The molecular formula is C17H21NO3. The molecule has 3 N–H and O–H groups in total. The summed E-state index contributed by atoms with van der Waals surface area (Å²) in [4.78, 5) is 0. The molecule has 0 fully saturated rings. The van der Waals surface area contributed by atoms with Crippen LogP contribution in [0.5, 0.6) is 11.5 Å². The summed E-state index contributed by atoms with van der Waals surface area (Å²) in [5.41, 5.74) is 3.12. The zero-order valence-corrected chi connectivity index (χ0v) is 12.3. The van der Waals surface area contributed by atoms with Gasteiger partial charge in [-0.3, -0.25) is 0 Å². The number of hydrogen-bond donors (Lipinski definition) is 3. The molecule has 112 valence electrons. The first-order valence-corrected chi connectivity index (χ1v) is 6.93. The maximum Gasteiger partial charge on any atom is 0.160 e. The van der Waals surface area contributed by atoms with Gasteiger partial charge in [0.25, 0.3) is 0 Å². The minimum Gasteiger partial charge on any atom is -0.504 e. The van der Waals surface area contributed by atoms with Crippen molar-refractivity contribution in [2.45, 2.75) is 26.1 Å². The van der Waals surface area contributed by atoms with Crippen LogP contribution in [0, 0.1) is 0 Å². The van der Waals surface area contributed by atoms with Crippen LogP contribution < -0.4 is 10.1 Å². The molecule has 2 aromatic carbocycles. The van der Waals surface area contributed by atoms with E-state index >= 15 is 0 Å². The maximum atomic E-state index is 9.61. The third kappa shape index (κ3) is 3.97. The predicted octanol–water partition coefficient (Wildman–Crippen LogP) is 2.74. The minimum absolute atomic E-state index is 0.0669. The standard InChI is InChI=1S/C17H21NO3/c1-12(15-7-8-16(20)17(9-15)21-2)18-10-13-3-5-14(11-19)6-4-13/h3-9,12,18-20H,10-11H2,1-2H3. The van der Waals surface area contributed by atoms with Gasteiger partial charge in [-0.25, -0.2) is 0 Å². The van der Waals surface area contributed by atoms with Crippen molar-refractivity contribution >= 4 is 0 Å². The van der Waals surface area contributed by atoms with Crippen LogP contribution in [0.2, 0.25) is 0 Å². The van der Waals surface area contributed by atoms with E-state index in [1.807, 2.05) is 36.4 Å². The Hall–Kier alpha value is -2.04. The molecule has 1 atom stereocenters. The Bertz CT molecular complexity index is 581. The molecule has 0 amide bonds. The average molecular weight is 287 g/mol. The highest BCUT2D eigenvalue weighted by Crippen LogP contribution is 2.28. The number of phenols is 1. The van der Waals surface area contributed by atoms with Gasteiger partial charge >= 0.3 is 0 Å². The van der Waals surface area contributed by atoms with Crippen molar-refractivity contribution in [2.24, 2.45) is 0 Å². The van der Waals surface area contributed by atoms with Crippen LogP contribution in [0.4, 0.5) is 0 Å². The lowest BCUT2D eigenvalue weighted by Gasteiger charge is -2.16. The van der Waals surface area contributed by atoms with E-state index in [4.69, 9.17) is 9.84 Å². The van der Waals surface area contributed by atoms with Crippen LogP contribution in [-0.2, 0) is 13.2 Å². The van der Waals surface area contributed by atoms with Gasteiger partial charge in [-0.2, -0.15) is 0 Å². The average Bonchev–Trinajstić information content (AvgIpc) is 2.53. The molecule has 4 heteroatoms. The summed E-state index contributed by atoms with van der Waals surface area (Å²) >= 11 is 0. The summed E-state index contributed by atoms with van der Waals surface area (Å²) in [5.74, 6) is 0.626. The van der Waals surface area contributed by atoms with E-state index in [2.05, 4.69) is 12.2 Å². The molecule has 0 aliphatic heterocycles. The van der Waals surface area contributed by atoms with Crippen LogP contribution in [0.1, 0.15) is 29.7 Å². The SMILES string of the molecule is COc1cc(C(C)NCc2ccc(CO)cc2)ccc1O. The quantitative estimate of drug-likeness (QED) is 0.764. The zero-order valence-electron chi connectivity index (χ0n) is 12.3. The number of methoxy groups -OCH3 is 1. The second kappa shape index (κ2) is 7.11. The first-order chi connectivity index (χ1) is 10.1. The molecule has 0 saturated heterocycles. The Balaban J connectivity index is 1.98. The highest BCUT2D eigenvalue weighted by Gasteiger charge is 2.09. The Morgan fingerprint density at radius 1 is 1.10 bits per heavy atom. The predicted molar refractivity (Wildman–Crippen MR) is 82.3 cm³/mol. The summed E-state index contributed by atoms with van der Waals surface area (Å²) in [7, 11) is 1.54. The van der Waals surface area contributed by atoms with Crippen molar-refractivity contribution < 1.29 is 14.9 Å². The van der Waals surface area contributed by atoms with Gasteiger partial charge in [0.05, 0.1) is 13.7 Å². The van der Waals surface area contributed by atoms with Gasteiger partial charge in [0.15, 0.2) is 11.5 Å². The van der Waals surface area contributed by atoms with Gasteiger partial charge in [-0.05, 0) is 35.7 Å². The van der Waals surface area contributed by atoms with Crippen LogP contribution in [0.25, 0.3) is 0 Å². The Labute approximate surface area is 125 Å². The third-order valence-corrected chi connectivity index (χ3v) is 3.52. The number of rotatable bonds is 6. The molecule has 0 heterocycles. The molecule has 4 nitrogen and oxygen atoms in total. The third-order valence-electron chi connectivity index (χ3n) is 3.52. The van der Waals surface area contributed by atoms with Crippen molar-refractivity contribution in [3.8, 4) is 11.5 Å².